The summed E-state index contributed by atoms with van der Waals surface area (Å²) in [4.78, 5) is 38.0. The second-order valence-electron chi connectivity index (χ2n) is 11.5. The molecule has 0 aliphatic heterocycles. The second kappa shape index (κ2) is 11.8. The first-order chi connectivity index (χ1) is 19.6. The van der Waals surface area contributed by atoms with Gasteiger partial charge in [-0.15, -0.1) is 11.3 Å². The smallest absolute Gasteiger partial charge is 0.306 e. The van der Waals surface area contributed by atoms with Gasteiger partial charge in [0.05, 0.1) is 40.7 Å². The zero-order chi connectivity index (χ0) is 29.1. The van der Waals surface area contributed by atoms with Crippen molar-refractivity contribution < 1.29 is 14.7 Å². The third-order valence-electron chi connectivity index (χ3n) is 7.38. The van der Waals surface area contributed by atoms with Crippen molar-refractivity contribution in [2.75, 3.05) is 5.32 Å². The average Bonchev–Trinajstić information content (AvgIpc) is 3.63. The van der Waals surface area contributed by atoms with Crippen molar-refractivity contribution in [1.82, 2.24) is 30.0 Å². The molecule has 0 bridgehead atoms. The van der Waals surface area contributed by atoms with Gasteiger partial charge in [-0.3, -0.25) is 14.3 Å². The number of carbonyl (C=O) groups excluding carboxylic acids is 1. The number of benzene rings is 1. The lowest BCUT2D eigenvalue weighted by Gasteiger charge is -2.26. The van der Waals surface area contributed by atoms with Gasteiger partial charge in [0.2, 0.25) is 5.95 Å². The highest BCUT2D eigenvalue weighted by atomic mass is 32.1. The Balaban J connectivity index is 1.20. The number of carboxylic acid groups (broad SMARTS) is 1. The van der Waals surface area contributed by atoms with E-state index in [1.807, 2.05) is 36.0 Å². The number of anilines is 2. The maximum Gasteiger partial charge on any atom is 0.306 e. The lowest BCUT2D eigenvalue weighted by molar-refractivity contribution is -0.143. The number of aryl methyl sites for hydroxylation is 1. The standard InChI is InChI=1S/C30H35N7O3S/c1-18-13-20(5-6-21(18)14-32-26(38)25-16-33-28(41-25)30(2,3)4)24-11-12-31-29(36-24)35-22-15-34-37(17-22)23-9-7-19(8-10-23)27(39)40/h5-6,11-13,15-17,19,23H,7-10,14H2,1-4H3,(H,32,38)(H,39,40)(H,31,35,36)/t19-,23+. The lowest BCUT2D eigenvalue weighted by Crippen LogP contribution is -2.23. The van der Waals surface area contributed by atoms with Crippen LogP contribution in [0.5, 0.6) is 0 Å². The van der Waals surface area contributed by atoms with Gasteiger partial charge in [0.15, 0.2) is 0 Å². The van der Waals surface area contributed by atoms with Crippen molar-refractivity contribution in [2.24, 2.45) is 5.92 Å². The monoisotopic (exact) mass is 573 g/mol. The normalized spacial score (nSPS) is 17.3. The highest BCUT2D eigenvalue weighted by molar-refractivity contribution is 7.13. The number of aliphatic carboxylic acids is 1. The molecule has 3 heterocycles. The minimum atomic E-state index is -0.707. The number of hydrogen-bond donors (Lipinski definition) is 3. The zero-order valence-electron chi connectivity index (χ0n) is 23.7. The predicted octanol–water partition coefficient (Wildman–Crippen LogP) is 5.89. The van der Waals surface area contributed by atoms with E-state index in [1.54, 1.807) is 18.6 Å². The van der Waals surface area contributed by atoms with Gasteiger partial charge in [-0.1, -0.05) is 32.9 Å². The molecule has 1 aliphatic rings. The molecule has 4 aromatic rings. The number of thiazole rings is 1. The number of carbonyl (C=O) groups is 2. The molecule has 1 aromatic carbocycles. The predicted molar refractivity (Wildman–Crippen MR) is 158 cm³/mol. The molecular weight excluding hydrogens is 538 g/mol. The second-order valence-corrected chi connectivity index (χ2v) is 12.6. The minimum Gasteiger partial charge on any atom is -0.481 e. The first-order valence-electron chi connectivity index (χ1n) is 13.8. The van der Waals surface area contributed by atoms with Crippen LogP contribution in [0.2, 0.25) is 0 Å². The van der Waals surface area contributed by atoms with E-state index in [9.17, 15) is 14.7 Å². The van der Waals surface area contributed by atoms with Crippen molar-refractivity contribution in [3.05, 3.63) is 70.1 Å². The minimum absolute atomic E-state index is 0.0852. The summed E-state index contributed by atoms with van der Waals surface area (Å²) < 4.78 is 1.91. The lowest BCUT2D eigenvalue weighted by atomic mass is 9.86. The van der Waals surface area contributed by atoms with Gasteiger partial charge < -0.3 is 15.7 Å². The molecule has 3 N–H and O–H groups in total. The van der Waals surface area contributed by atoms with Crippen molar-refractivity contribution >= 4 is 34.8 Å². The highest BCUT2D eigenvalue weighted by Gasteiger charge is 2.27. The highest BCUT2D eigenvalue weighted by Crippen LogP contribution is 2.33. The van der Waals surface area contributed by atoms with Crippen LogP contribution >= 0.6 is 11.3 Å². The van der Waals surface area contributed by atoms with E-state index in [1.165, 1.54) is 11.3 Å². The number of nitrogens with zero attached hydrogens (tertiary/aromatic N) is 5. The van der Waals surface area contributed by atoms with Crippen molar-refractivity contribution in [2.45, 2.75) is 71.4 Å². The maximum absolute atomic E-state index is 12.7. The molecule has 1 amide bonds. The Morgan fingerprint density at radius 3 is 2.56 bits per heavy atom. The topological polar surface area (TPSA) is 135 Å². The van der Waals surface area contributed by atoms with Crippen LogP contribution in [0.1, 0.15) is 78.3 Å². The van der Waals surface area contributed by atoms with Crippen LogP contribution in [-0.4, -0.2) is 41.7 Å². The van der Waals surface area contributed by atoms with Crippen LogP contribution in [0, 0.1) is 12.8 Å². The van der Waals surface area contributed by atoms with Crippen LogP contribution in [0.4, 0.5) is 11.6 Å². The van der Waals surface area contributed by atoms with Crippen molar-refractivity contribution in [3.8, 4) is 11.3 Å². The summed E-state index contributed by atoms with van der Waals surface area (Å²) >= 11 is 1.43. The van der Waals surface area contributed by atoms with E-state index < -0.39 is 5.97 Å². The van der Waals surface area contributed by atoms with E-state index in [4.69, 9.17) is 4.98 Å². The summed E-state index contributed by atoms with van der Waals surface area (Å²) in [6.07, 6.45) is 9.96. The first kappa shape index (κ1) is 28.4. The summed E-state index contributed by atoms with van der Waals surface area (Å²) in [7, 11) is 0. The molecule has 0 atom stereocenters. The summed E-state index contributed by atoms with van der Waals surface area (Å²) in [5.74, 6) is -0.617. The molecule has 0 radical (unpaired) electrons. The third-order valence-corrected chi connectivity index (χ3v) is 8.80. The van der Waals surface area contributed by atoms with Gasteiger partial charge in [0.1, 0.15) is 4.88 Å². The Kier molecular flexibility index (Phi) is 8.16. The Morgan fingerprint density at radius 2 is 1.88 bits per heavy atom. The van der Waals surface area contributed by atoms with Crippen LogP contribution in [-0.2, 0) is 16.8 Å². The molecule has 10 nitrogen and oxygen atoms in total. The van der Waals surface area contributed by atoms with Crippen molar-refractivity contribution in [3.63, 3.8) is 0 Å². The number of hydrogen-bond acceptors (Lipinski definition) is 8. The van der Waals surface area contributed by atoms with Crippen LogP contribution in [0.15, 0.2) is 49.1 Å². The number of nitrogens with one attached hydrogen (secondary N) is 2. The summed E-state index contributed by atoms with van der Waals surface area (Å²) in [5.41, 5.74) is 4.50. The Labute approximate surface area is 243 Å². The number of rotatable bonds is 8. The molecule has 0 saturated heterocycles. The largest absolute Gasteiger partial charge is 0.481 e. The van der Waals surface area contributed by atoms with E-state index in [-0.39, 0.29) is 23.3 Å². The molecule has 1 fully saturated rings. The van der Waals surface area contributed by atoms with Crippen LogP contribution < -0.4 is 10.6 Å². The molecule has 0 spiro atoms. The van der Waals surface area contributed by atoms with Crippen LogP contribution in [0.25, 0.3) is 11.3 Å². The zero-order valence-corrected chi connectivity index (χ0v) is 24.5. The fourth-order valence-electron chi connectivity index (χ4n) is 4.94. The number of amides is 1. The van der Waals surface area contributed by atoms with Gasteiger partial charge >= 0.3 is 5.97 Å². The molecular formula is C30H35N7O3S. The number of carboxylic acids is 1. The molecule has 11 heteroatoms. The van der Waals surface area contributed by atoms with Gasteiger partial charge in [-0.25, -0.2) is 15.0 Å². The molecule has 5 rings (SSSR count). The van der Waals surface area contributed by atoms with E-state index in [2.05, 4.69) is 52.5 Å². The first-order valence-corrected chi connectivity index (χ1v) is 14.6. The van der Waals surface area contributed by atoms with E-state index in [0.29, 0.717) is 30.2 Å². The SMILES string of the molecule is Cc1cc(-c2ccnc(Nc3cnn([C@H]4CC[C@@H](C(=O)O)CC4)c3)n2)ccc1CNC(=O)c1cnc(C(C)(C)C)s1. The van der Waals surface area contributed by atoms with Gasteiger partial charge in [0, 0.05) is 29.9 Å². The third kappa shape index (κ3) is 6.79. The summed E-state index contributed by atoms with van der Waals surface area (Å²) in [5, 5.41) is 20.9. The van der Waals surface area contributed by atoms with Crippen LogP contribution in [0.3, 0.4) is 0 Å². The molecule has 1 saturated carbocycles. The molecule has 214 valence electrons. The molecule has 41 heavy (non-hydrogen) atoms. The Hall–Kier alpha value is -4.12. The van der Waals surface area contributed by atoms with E-state index >= 15 is 0 Å². The quantitative estimate of drug-likeness (QED) is 0.237. The molecule has 1 aliphatic carbocycles. The molecule has 3 aromatic heterocycles. The Bertz CT molecular complexity index is 1550. The fraction of sp³-hybridized carbons (Fsp3) is 0.400. The maximum atomic E-state index is 12.7. The average molecular weight is 574 g/mol. The van der Waals surface area contributed by atoms with Gasteiger partial charge in [-0.2, -0.15) is 5.10 Å². The summed E-state index contributed by atoms with van der Waals surface area (Å²) in [6.45, 7) is 8.70. The van der Waals surface area contributed by atoms with E-state index in [0.717, 1.165) is 45.9 Å². The van der Waals surface area contributed by atoms with Gasteiger partial charge in [0.25, 0.3) is 5.91 Å². The number of aromatic nitrogens is 5. The molecule has 0 unspecified atom stereocenters. The van der Waals surface area contributed by atoms with Crippen molar-refractivity contribution in [1.29, 1.82) is 0 Å². The fourth-order valence-corrected chi connectivity index (χ4v) is 5.83. The van der Waals surface area contributed by atoms with Gasteiger partial charge in [-0.05, 0) is 55.9 Å². The Morgan fingerprint density at radius 1 is 1.10 bits per heavy atom. The summed E-state index contributed by atoms with van der Waals surface area (Å²) in [6, 6.07) is 8.13.